The third kappa shape index (κ3) is 8.60. The Bertz CT molecular complexity index is 894. The molecule has 0 fully saturated rings. The summed E-state index contributed by atoms with van der Waals surface area (Å²) in [6.45, 7) is 11.9. The molecule has 1 atom stereocenters. The maximum absolute atomic E-state index is 6.12. The summed E-state index contributed by atoms with van der Waals surface area (Å²) < 4.78 is 11.9. The largest absolute Gasteiger partial charge is 0.493 e. The van der Waals surface area contributed by atoms with Crippen molar-refractivity contribution in [2.75, 3.05) is 20.3 Å². The van der Waals surface area contributed by atoms with Gasteiger partial charge >= 0.3 is 0 Å². The van der Waals surface area contributed by atoms with Gasteiger partial charge in [-0.25, -0.2) is 0 Å². The number of benzene rings is 2. The highest BCUT2D eigenvalue weighted by molar-refractivity contribution is 6.01. The average Bonchev–Trinajstić information content (AvgIpc) is 2.81. The molecule has 0 aromatic heterocycles. The zero-order valence-electron chi connectivity index (χ0n) is 21.3. The SMILES string of the molecule is C/C=C/COc1cc(C)c(OCCCCCc2cccc(C(=NOC)C(C)CC)c2)c(C)c1. The summed E-state index contributed by atoms with van der Waals surface area (Å²) in [4.78, 5) is 5.09. The maximum atomic E-state index is 6.12. The van der Waals surface area contributed by atoms with Gasteiger partial charge < -0.3 is 14.3 Å². The summed E-state index contributed by atoms with van der Waals surface area (Å²) >= 11 is 0. The second kappa shape index (κ2) is 14.4. The topological polar surface area (TPSA) is 40.0 Å². The first-order chi connectivity index (χ1) is 16.0. The van der Waals surface area contributed by atoms with E-state index in [1.54, 1.807) is 7.11 Å². The Morgan fingerprint density at radius 1 is 1.03 bits per heavy atom. The number of unbranched alkanes of at least 4 members (excludes halogenated alkanes) is 2. The molecule has 0 N–H and O–H groups in total. The molecule has 1 unspecified atom stereocenters. The number of allylic oxidation sites excluding steroid dienone is 1. The summed E-state index contributed by atoms with van der Waals surface area (Å²) in [7, 11) is 1.62. The summed E-state index contributed by atoms with van der Waals surface area (Å²) in [5, 5.41) is 4.28. The van der Waals surface area contributed by atoms with Crippen molar-refractivity contribution in [2.24, 2.45) is 11.1 Å². The molecule has 2 aromatic carbocycles. The van der Waals surface area contributed by atoms with Crippen LogP contribution in [0.3, 0.4) is 0 Å². The zero-order chi connectivity index (χ0) is 24.1. The minimum atomic E-state index is 0.373. The molecule has 0 saturated carbocycles. The third-order valence-electron chi connectivity index (χ3n) is 5.86. The Kier molecular flexibility index (Phi) is 11.6. The van der Waals surface area contributed by atoms with Crippen molar-refractivity contribution in [3.05, 3.63) is 70.8 Å². The van der Waals surface area contributed by atoms with Gasteiger partial charge in [0.25, 0.3) is 0 Å². The van der Waals surface area contributed by atoms with E-state index in [9.17, 15) is 0 Å². The number of oxime groups is 1. The number of rotatable bonds is 14. The van der Waals surface area contributed by atoms with E-state index in [0.717, 1.165) is 72.6 Å². The van der Waals surface area contributed by atoms with E-state index in [-0.39, 0.29) is 0 Å². The zero-order valence-corrected chi connectivity index (χ0v) is 21.3. The van der Waals surface area contributed by atoms with Crippen LogP contribution in [0.1, 0.15) is 68.7 Å². The summed E-state index contributed by atoms with van der Waals surface area (Å²) in [5.41, 5.74) is 5.78. The Balaban J connectivity index is 1.81. The lowest BCUT2D eigenvalue weighted by molar-refractivity contribution is 0.211. The van der Waals surface area contributed by atoms with Crippen molar-refractivity contribution < 1.29 is 14.3 Å². The second-order valence-electron chi connectivity index (χ2n) is 8.59. The molecule has 4 heteroatoms. The Morgan fingerprint density at radius 2 is 1.79 bits per heavy atom. The van der Waals surface area contributed by atoms with Crippen molar-refractivity contribution in [1.29, 1.82) is 0 Å². The minimum Gasteiger partial charge on any atom is -0.493 e. The number of ether oxygens (including phenoxy) is 2. The van der Waals surface area contributed by atoms with Crippen LogP contribution in [-0.2, 0) is 11.3 Å². The van der Waals surface area contributed by atoms with Crippen molar-refractivity contribution in [3.8, 4) is 11.5 Å². The highest BCUT2D eigenvalue weighted by atomic mass is 16.6. The van der Waals surface area contributed by atoms with E-state index in [2.05, 4.69) is 69.2 Å². The van der Waals surface area contributed by atoms with Crippen molar-refractivity contribution in [2.45, 2.75) is 66.7 Å². The van der Waals surface area contributed by atoms with Crippen molar-refractivity contribution >= 4 is 5.71 Å². The van der Waals surface area contributed by atoms with Gasteiger partial charge in [-0.15, -0.1) is 0 Å². The standard InChI is InChI=1S/C29H41NO3/c1-7-9-17-32-27-19-23(4)29(24(5)20-27)33-18-12-10-11-14-25-15-13-16-26(21-25)28(30-31-6)22(3)8-2/h7,9,13,15-16,19-22H,8,10-12,14,17-18H2,1-6H3/b9-7+,30-28?. The van der Waals surface area contributed by atoms with Gasteiger partial charge in [0.1, 0.15) is 25.2 Å². The van der Waals surface area contributed by atoms with Crippen LogP contribution in [0.15, 0.2) is 53.7 Å². The molecule has 0 amide bonds. The lowest BCUT2D eigenvalue weighted by atomic mass is 9.94. The second-order valence-corrected chi connectivity index (χ2v) is 8.59. The van der Waals surface area contributed by atoms with Gasteiger partial charge in [-0.1, -0.05) is 49.4 Å². The smallest absolute Gasteiger partial charge is 0.125 e. The summed E-state index contributed by atoms with van der Waals surface area (Å²) in [6, 6.07) is 12.8. The van der Waals surface area contributed by atoms with Crippen LogP contribution in [0.5, 0.6) is 11.5 Å². The molecule has 0 heterocycles. The number of nitrogens with zero attached hydrogens (tertiary/aromatic N) is 1. The van der Waals surface area contributed by atoms with E-state index in [1.165, 1.54) is 5.56 Å². The van der Waals surface area contributed by atoms with Crippen LogP contribution in [0.25, 0.3) is 0 Å². The molecule has 0 bridgehead atoms. The highest BCUT2D eigenvalue weighted by Gasteiger charge is 2.13. The van der Waals surface area contributed by atoms with Crippen LogP contribution < -0.4 is 9.47 Å². The first-order valence-corrected chi connectivity index (χ1v) is 12.2. The minimum absolute atomic E-state index is 0.373. The average molecular weight is 452 g/mol. The van der Waals surface area contributed by atoms with Crippen LogP contribution >= 0.6 is 0 Å². The summed E-state index contributed by atoms with van der Waals surface area (Å²) in [5.74, 6) is 2.25. The van der Waals surface area contributed by atoms with E-state index in [0.29, 0.717) is 12.5 Å². The van der Waals surface area contributed by atoms with Gasteiger partial charge in [0, 0.05) is 5.92 Å². The number of aryl methyl sites for hydroxylation is 3. The predicted molar refractivity (Wildman–Crippen MR) is 139 cm³/mol. The molecule has 0 aliphatic heterocycles. The molecular weight excluding hydrogens is 410 g/mol. The van der Waals surface area contributed by atoms with Gasteiger partial charge in [-0.2, -0.15) is 0 Å². The lowest BCUT2D eigenvalue weighted by Gasteiger charge is -2.14. The molecule has 4 nitrogen and oxygen atoms in total. The van der Waals surface area contributed by atoms with E-state index in [1.807, 2.05) is 19.1 Å². The van der Waals surface area contributed by atoms with Gasteiger partial charge in [-0.3, -0.25) is 0 Å². The molecule has 2 aromatic rings. The molecule has 0 saturated heterocycles. The Morgan fingerprint density at radius 3 is 2.45 bits per heavy atom. The Labute approximate surface area is 200 Å². The van der Waals surface area contributed by atoms with Gasteiger partial charge in [0.2, 0.25) is 0 Å². The molecule has 0 spiro atoms. The molecule has 33 heavy (non-hydrogen) atoms. The molecule has 0 aliphatic rings. The number of hydrogen-bond acceptors (Lipinski definition) is 4. The van der Waals surface area contributed by atoms with Crippen LogP contribution in [0.2, 0.25) is 0 Å². The monoisotopic (exact) mass is 451 g/mol. The van der Waals surface area contributed by atoms with Gasteiger partial charge in [0.05, 0.1) is 12.3 Å². The third-order valence-corrected chi connectivity index (χ3v) is 5.86. The quantitative estimate of drug-likeness (QED) is 0.130. The molecule has 0 radical (unpaired) electrons. The molecule has 0 aliphatic carbocycles. The predicted octanol–water partition coefficient (Wildman–Crippen LogP) is 7.45. The normalized spacial score (nSPS) is 12.7. The summed E-state index contributed by atoms with van der Waals surface area (Å²) in [6.07, 6.45) is 9.42. The fourth-order valence-corrected chi connectivity index (χ4v) is 3.85. The first kappa shape index (κ1) is 26.5. The Hall–Kier alpha value is -2.75. The van der Waals surface area contributed by atoms with Crippen molar-refractivity contribution in [1.82, 2.24) is 0 Å². The van der Waals surface area contributed by atoms with E-state index in [4.69, 9.17) is 14.3 Å². The van der Waals surface area contributed by atoms with Gasteiger partial charge in [0.15, 0.2) is 0 Å². The maximum Gasteiger partial charge on any atom is 0.125 e. The fourth-order valence-electron chi connectivity index (χ4n) is 3.85. The van der Waals surface area contributed by atoms with Crippen molar-refractivity contribution in [3.63, 3.8) is 0 Å². The first-order valence-electron chi connectivity index (χ1n) is 12.2. The lowest BCUT2D eigenvalue weighted by Crippen LogP contribution is -2.12. The highest BCUT2D eigenvalue weighted by Crippen LogP contribution is 2.28. The van der Waals surface area contributed by atoms with Crippen LogP contribution in [-0.4, -0.2) is 26.0 Å². The molecular formula is C29H41NO3. The molecule has 180 valence electrons. The number of hydrogen-bond donors (Lipinski definition) is 0. The van der Waals surface area contributed by atoms with Crippen LogP contribution in [0.4, 0.5) is 0 Å². The molecule has 2 rings (SSSR count). The van der Waals surface area contributed by atoms with Crippen LogP contribution in [0, 0.1) is 19.8 Å². The van der Waals surface area contributed by atoms with Gasteiger partial charge in [-0.05, 0) is 93.3 Å². The van der Waals surface area contributed by atoms with E-state index < -0.39 is 0 Å². The van der Waals surface area contributed by atoms with E-state index >= 15 is 0 Å². The fraction of sp³-hybridized carbons (Fsp3) is 0.483.